The average molecular weight is 353 g/mol. The minimum atomic E-state index is -0.996. The molecule has 0 aliphatic carbocycles. The largest absolute Gasteiger partial charge is 0.507 e. The molecule has 0 saturated heterocycles. The van der Waals surface area contributed by atoms with Crippen LogP contribution in [-0.4, -0.2) is 15.2 Å². The van der Waals surface area contributed by atoms with Crippen molar-refractivity contribution in [3.05, 3.63) is 52.5 Å². The Morgan fingerprint density at radius 1 is 1.05 bits per heavy atom. The van der Waals surface area contributed by atoms with Crippen LogP contribution >= 0.6 is 15.9 Å². The smallest absolute Gasteiger partial charge is 0.262 e. The van der Waals surface area contributed by atoms with Gasteiger partial charge in [0.15, 0.2) is 11.6 Å². The second-order valence-electron chi connectivity index (χ2n) is 4.21. The van der Waals surface area contributed by atoms with Crippen LogP contribution in [0.3, 0.4) is 0 Å². The van der Waals surface area contributed by atoms with Crippen molar-refractivity contribution in [1.82, 2.24) is 10.1 Å². The number of nitrogens with zero attached hydrogens (tertiary/aromatic N) is 2. The van der Waals surface area contributed by atoms with Gasteiger partial charge in [-0.1, -0.05) is 21.1 Å². The first-order valence-electron chi connectivity index (χ1n) is 5.82. The summed E-state index contributed by atoms with van der Waals surface area (Å²) in [6, 6.07) is 8.04. The highest BCUT2D eigenvalue weighted by atomic mass is 79.9. The van der Waals surface area contributed by atoms with E-state index >= 15 is 0 Å². The van der Waals surface area contributed by atoms with Crippen LogP contribution in [0.25, 0.3) is 22.8 Å². The fraction of sp³-hybridized carbons (Fsp3) is 0. The molecule has 3 rings (SSSR count). The van der Waals surface area contributed by atoms with Gasteiger partial charge in [-0.2, -0.15) is 4.98 Å². The van der Waals surface area contributed by atoms with E-state index in [1.807, 2.05) is 0 Å². The lowest BCUT2D eigenvalue weighted by Gasteiger charge is -1.99. The first-order chi connectivity index (χ1) is 10.0. The molecule has 0 spiro atoms. The number of phenols is 1. The SMILES string of the molecule is Oc1ccc(Br)cc1-c1nc(-c2ccc(F)c(F)c2)no1. The van der Waals surface area contributed by atoms with Crippen molar-refractivity contribution in [3.8, 4) is 28.6 Å². The summed E-state index contributed by atoms with van der Waals surface area (Å²) in [6.45, 7) is 0. The summed E-state index contributed by atoms with van der Waals surface area (Å²) < 4.78 is 31.9. The molecular weight excluding hydrogens is 346 g/mol. The lowest BCUT2D eigenvalue weighted by atomic mass is 10.2. The van der Waals surface area contributed by atoms with E-state index in [-0.39, 0.29) is 23.0 Å². The number of phenolic OH excluding ortho intramolecular Hbond substituents is 1. The molecule has 0 aliphatic heterocycles. The summed E-state index contributed by atoms with van der Waals surface area (Å²) in [7, 11) is 0. The highest BCUT2D eigenvalue weighted by Gasteiger charge is 2.15. The maximum Gasteiger partial charge on any atom is 0.262 e. The van der Waals surface area contributed by atoms with Gasteiger partial charge < -0.3 is 9.63 Å². The monoisotopic (exact) mass is 352 g/mol. The molecule has 0 aliphatic rings. The van der Waals surface area contributed by atoms with Crippen LogP contribution in [-0.2, 0) is 0 Å². The molecule has 0 bridgehead atoms. The van der Waals surface area contributed by atoms with Crippen LogP contribution in [0.15, 0.2) is 45.4 Å². The van der Waals surface area contributed by atoms with E-state index < -0.39 is 11.6 Å². The topological polar surface area (TPSA) is 59.2 Å². The number of benzene rings is 2. The lowest BCUT2D eigenvalue weighted by Crippen LogP contribution is -1.87. The number of aromatic nitrogens is 2. The molecule has 4 nitrogen and oxygen atoms in total. The third-order valence-electron chi connectivity index (χ3n) is 2.79. The predicted octanol–water partition coefficient (Wildman–Crippen LogP) is 4.15. The van der Waals surface area contributed by atoms with Crippen LogP contribution in [0.4, 0.5) is 8.78 Å². The molecule has 3 aromatic rings. The van der Waals surface area contributed by atoms with Gasteiger partial charge in [-0.15, -0.1) is 0 Å². The van der Waals surface area contributed by atoms with Crippen molar-refractivity contribution in [2.24, 2.45) is 0 Å². The fourth-order valence-corrected chi connectivity index (χ4v) is 2.13. The first kappa shape index (κ1) is 13.7. The zero-order valence-electron chi connectivity index (χ0n) is 10.3. The third-order valence-corrected chi connectivity index (χ3v) is 3.29. The summed E-state index contributed by atoms with van der Waals surface area (Å²) in [5, 5.41) is 13.5. The maximum absolute atomic E-state index is 13.2. The van der Waals surface area contributed by atoms with Crippen LogP contribution in [0.5, 0.6) is 5.75 Å². The van der Waals surface area contributed by atoms with Gasteiger partial charge in [0.25, 0.3) is 5.89 Å². The van der Waals surface area contributed by atoms with Gasteiger partial charge in [-0.3, -0.25) is 0 Å². The Bertz CT molecular complexity index is 820. The maximum atomic E-state index is 13.2. The summed E-state index contributed by atoms with van der Waals surface area (Å²) in [5.74, 6) is -1.80. The number of rotatable bonds is 2. The van der Waals surface area contributed by atoms with Crippen molar-refractivity contribution in [3.63, 3.8) is 0 Å². The molecule has 0 atom stereocenters. The molecule has 2 aromatic carbocycles. The molecule has 1 heterocycles. The molecule has 0 amide bonds. The summed E-state index contributed by atoms with van der Waals surface area (Å²) in [5.41, 5.74) is 0.615. The second kappa shape index (κ2) is 5.25. The summed E-state index contributed by atoms with van der Waals surface area (Å²) >= 11 is 3.27. The molecule has 106 valence electrons. The highest BCUT2D eigenvalue weighted by Crippen LogP contribution is 2.32. The van der Waals surface area contributed by atoms with Gasteiger partial charge in [0.05, 0.1) is 5.56 Å². The van der Waals surface area contributed by atoms with Crippen LogP contribution in [0, 0.1) is 11.6 Å². The normalized spacial score (nSPS) is 10.8. The number of aromatic hydroxyl groups is 1. The molecule has 0 radical (unpaired) electrons. The minimum absolute atomic E-state index is 0.0290. The Labute approximate surface area is 126 Å². The van der Waals surface area contributed by atoms with E-state index in [4.69, 9.17) is 4.52 Å². The number of hydrogen-bond donors (Lipinski definition) is 1. The van der Waals surface area contributed by atoms with E-state index in [9.17, 15) is 13.9 Å². The number of halogens is 3. The van der Waals surface area contributed by atoms with Gasteiger partial charge in [-0.25, -0.2) is 8.78 Å². The molecule has 0 saturated carbocycles. The standard InChI is InChI=1S/C14H7BrF2N2O2/c15-8-2-4-12(20)9(6-8)14-18-13(19-21-14)7-1-3-10(16)11(17)5-7/h1-6,20H. The van der Waals surface area contributed by atoms with Crippen molar-refractivity contribution in [2.45, 2.75) is 0 Å². The van der Waals surface area contributed by atoms with Crippen LogP contribution in [0.1, 0.15) is 0 Å². The quantitative estimate of drug-likeness (QED) is 0.752. The zero-order valence-corrected chi connectivity index (χ0v) is 11.9. The Balaban J connectivity index is 2.03. The molecule has 1 N–H and O–H groups in total. The molecule has 0 unspecified atom stereocenters. The van der Waals surface area contributed by atoms with Crippen molar-refractivity contribution in [1.29, 1.82) is 0 Å². The Kier molecular flexibility index (Phi) is 3.42. The summed E-state index contributed by atoms with van der Waals surface area (Å²) in [6.07, 6.45) is 0. The van der Waals surface area contributed by atoms with E-state index in [2.05, 4.69) is 26.1 Å². The van der Waals surface area contributed by atoms with Crippen molar-refractivity contribution >= 4 is 15.9 Å². The van der Waals surface area contributed by atoms with Gasteiger partial charge in [0, 0.05) is 10.0 Å². The van der Waals surface area contributed by atoms with E-state index in [1.165, 1.54) is 12.1 Å². The van der Waals surface area contributed by atoms with Gasteiger partial charge in [0.1, 0.15) is 5.75 Å². The predicted molar refractivity (Wildman–Crippen MR) is 74.5 cm³/mol. The van der Waals surface area contributed by atoms with E-state index in [0.717, 1.165) is 16.6 Å². The van der Waals surface area contributed by atoms with Gasteiger partial charge in [0.2, 0.25) is 5.82 Å². The van der Waals surface area contributed by atoms with E-state index in [1.54, 1.807) is 12.1 Å². The Morgan fingerprint density at radius 3 is 2.62 bits per heavy atom. The average Bonchev–Trinajstić information content (AvgIpc) is 2.94. The van der Waals surface area contributed by atoms with Crippen LogP contribution < -0.4 is 0 Å². The second-order valence-corrected chi connectivity index (χ2v) is 5.13. The number of hydrogen-bond acceptors (Lipinski definition) is 4. The lowest BCUT2D eigenvalue weighted by molar-refractivity contribution is 0.425. The fourth-order valence-electron chi connectivity index (χ4n) is 1.76. The van der Waals surface area contributed by atoms with Gasteiger partial charge >= 0.3 is 0 Å². The highest BCUT2D eigenvalue weighted by molar-refractivity contribution is 9.10. The molecule has 21 heavy (non-hydrogen) atoms. The Morgan fingerprint density at radius 2 is 1.86 bits per heavy atom. The first-order valence-corrected chi connectivity index (χ1v) is 6.62. The van der Waals surface area contributed by atoms with E-state index in [0.29, 0.717) is 5.56 Å². The summed E-state index contributed by atoms with van der Waals surface area (Å²) in [4.78, 5) is 4.08. The zero-order chi connectivity index (χ0) is 15.0. The Hall–Kier alpha value is -2.28. The minimum Gasteiger partial charge on any atom is -0.507 e. The molecule has 1 aromatic heterocycles. The van der Waals surface area contributed by atoms with Crippen molar-refractivity contribution in [2.75, 3.05) is 0 Å². The van der Waals surface area contributed by atoms with Crippen LogP contribution in [0.2, 0.25) is 0 Å². The van der Waals surface area contributed by atoms with Gasteiger partial charge in [-0.05, 0) is 36.4 Å². The molecule has 7 heteroatoms. The third kappa shape index (κ3) is 2.64. The molecular formula is C14H7BrF2N2O2. The molecule has 0 fully saturated rings. The van der Waals surface area contributed by atoms with Crippen molar-refractivity contribution < 1.29 is 18.4 Å².